The van der Waals surface area contributed by atoms with Gasteiger partial charge in [0.15, 0.2) is 0 Å². The predicted molar refractivity (Wildman–Crippen MR) is 160 cm³/mol. The van der Waals surface area contributed by atoms with E-state index in [1.807, 2.05) is 16.7 Å². The molecule has 2 aromatic carbocycles. The van der Waals surface area contributed by atoms with Crippen molar-refractivity contribution in [3.63, 3.8) is 0 Å². The van der Waals surface area contributed by atoms with E-state index in [-0.39, 0.29) is 28.6 Å². The SMILES string of the molecule is CCOC(=O)c1sc(N(Cc2cn(Cc3ccc(C#N)cc3)cn2)C(=O)OC(C)(C)C)c(C#N)c1-c1ccc(Cl)cc1. The lowest BCUT2D eigenvalue weighted by Crippen LogP contribution is -2.36. The van der Waals surface area contributed by atoms with Crippen LogP contribution >= 0.6 is 22.9 Å². The third-order valence-corrected chi connectivity index (χ3v) is 7.35. The van der Waals surface area contributed by atoms with Crippen LogP contribution in [0, 0.1) is 22.7 Å². The first-order valence-corrected chi connectivity index (χ1v) is 14.2. The molecule has 0 radical (unpaired) electrons. The number of benzene rings is 2. The highest BCUT2D eigenvalue weighted by molar-refractivity contribution is 7.19. The Morgan fingerprint density at radius 1 is 1.07 bits per heavy atom. The van der Waals surface area contributed by atoms with Crippen LogP contribution in [-0.4, -0.2) is 33.8 Å². The maximum atomic E-state index is 13.6. The van der Waals surface area contributed by atoms with Crippen LogP contribution in [0.2, 0.25) is 5.02 Å². The zero-order valence-corrected chi connectivity index (χ0v) is 25.1. The molecule has 0 fully saturated rings. The van der Waals surface area contributed by atoms with Crippen LogP contribution in [0.3, 0.4) is 0 Å². The molecular formula is C31H28ClN5O4S. The van der Waals surface area contributed by atoms with Crippen molar-refractivity contribution in [1.29, 1.82) is 10.5 Å². The lowest BCUT2D eigenvalue weighted by Gasteiger charge is -2.26. The first-order chi connectivity index (χ1) is 20.0. The number of carbonyl (C=O) groups excluding carboxylic acids is 2. The fourth-order valence-corrected chi connectivity index (χ4v) is 5.40. The number of carbonyl (C=O) groups is 2. The summed E-state index contributed by atoms with van der Waals surface area (Å²) in [4.78, 5) is 32.7. The van der Waals surface area contributed by atoms with Crippen molar-refractivity contribution in [3.05, 3.63) is 93.3 Å². The fourth-order valence-electron chi connectivity index (χ4n) is 4.11. The van der Waals surface area contributed by atoms with E-state index in [9.17, 15) is 14.9 Å². The maximum Gasteiger partial charge on any atom is 0.415 e. The smallest absolute Gasteiger partial charge is 0.415 e. The van der Waals surface area contributed by atoms with Crippen LogP contribution < -0.4 is 4.90 Å². The van der Waals surface area contributed by atoms with Gasteiger partial charge in [-0.1, -0.05) is 35.9 Å². The average Bonchev–Trinajstić information content (AvgIpc) is 3.56. The van der Waals surface area contributed by atoms with E-state index in [1.54, 1.807) is 76.6 Å². The van der Waals surface area contributed by atoms with Gasteiger partial charge in [-0.2, -0.15) is 10.5 Å². The maximum absolute atomic E-state index is 13.6. The largest absolute Gasteiger partial charge is 0.462 e. The molecule has 1 amide bonds. The first-order valence-electron chi connectivity index (χ1n) is 13.0. The van der Waals surface area contributed by atoms with Gasteiger partial charge in [-0.3, -0.25) is 4.90 Å². The van der Waals surface area contributed by atoms with Crippen molar-refractivity contribution in [2.75, 3.05) is 11.5 Å². The Hall–Kier alpha value is -4.64. The zero-order valence-electron chi connectivity index (χ0n) is 23.6. The van der Waals surface area contributed by atoms with Gasteiger partial charge in [0.05, 0.1) is 42.4 Å². The summed E-state index contributed by atoms with van der Waals surface area (Å²) in [6.45, 7) is 7.56. The van der Waals surface area contributed by atoms with Gasteiger partial charge in [-0.15, -0.1) is 11.3 Å². The highest BCUT2D eigenvalue weighted by atomic mass is 35.5. The molecule has 214 valence electrons. The van der Waals surface area contributed by atoms with Gasteiger partial charge in [0.1, 0.15) is 21.5 Å². The quantitative estimate of drug-likeness (QED) is 0.196. The van der Waals surface area contributed by atoms with Crippen LogP contribution in [-0.2, 0) is 22.6 Å². The molecule has 11 heteroatoms. The van der Waals surface area contributed by atoms with E-state index in [0.717, 1.165) is 16.9 Å². The van der Waals surface area contributed by atoms with Crippen molar-refractivity contribution < 1.29 is 19.1 Å². The Labute approximate surface area is 253 Å². The summed E-state index contributed by atoms with van der Waals surface area (Å²) >= 11 is 7.08. The second-order valence-electron chi connectivity index (χ2n) is 10.2. The molecule has 0 aliphatic carbocycles. The summed E-state index contributed by atoms with van der Waals surface area (Å²) in [5.74, 6) is -0.606. The number of hydrogen-bond acceptors (Lipinski definition) is 8. The van der Waals surface area contributed by atoms with E-state index in [4.69, 9.17) is 26.3 Å². The summed E-state index contributed by atoms with van der Waals surface area (Å²) < 4.78 is 12.9. The van der Waals surface area contributed by atoms with Crippen molar-refractivity contribution in [2.45, 2.75) is 46.4 Å². The highest BCUT2D eigenvalue weighted by Crippen LogP contribution is 2.43. The lowest BCUT2D eigenvalue weighted by molar-refractivity contribution is 0.0530. The van der Waals surface area contributed by atoms with Crippen LogP contribution in [0.4, 0.5) is 9.80 Å². The molecule has 0 atom stereocenters. The Balaban J connectivity index is 1.77. The van der Waals surface area contributed by atoms with E-state index in [1.165, 1.54) is 4.90 Å². The number of amides is 1. The van der Waals surface area contributed by atoms with Gasteiger partial charge in [0.2, 0.25) is 0 Å². The summed E-state index contributed by atoms with van der Waals surface area (Å²) in [6, 6.07) is 18.3. The Bertz CT molecular complexity index is 1670. The minimum Gasteiger partial charge on any atom is -0.462 e. The van der Waals surface area contributed by atoms with Gasteiger partial charge >= 0.3 is 12.1 Å². The molecule has 2 aromatic heterocycles. The molecular weight excluding hydrogens is 574 g/mol. The lowest BCUT2D eigenvalue weighted by atomic mass is 10.0. The summed E-state index contributed by atoms with van der Waals surface area (Å²) in [5, 5.41) is 20.1. The molecule has 0 aliphatic heterocycles. The number of hydrogen-bond donors (Lipinski definition) is 0. The molecule has 0 saturated heterocycles. The molecule has 0 N–H and O–H groups in total. The number of imidazole rings is 1. The second-order valence-corrected chi connectivity index (χ2v) is 11.7. The van der Waals surface area contributed by atoms with Crippen LogP contribution in [0.1, 0.15) is 59.8 Å². The Morgan fingerprint density at radius 3 is 2.36 bits per heavy atom. The summed E-state index contributed by atoms with van der Waals surface area (Å²) in [6.07, 6.45) is 2.74. The molecule has 0 saturated carbocycles. The number of rotatable bonds is 8. The predicted octanol–water partition coefficient (Wildman–Crippen LogP) is 7.18. The highest BCUT2D eigenvalue weighted by Gasteiger charge is 2.33. The number of nitrogens with zero attached hydrogens (tertiary/aromatic N) is 5. The molecule has 0 spiro atoms. The zero-order chi connectivity index (χ0) is 30.4. The van der Waals surface area contributed by atoms with Crippen LogP contribution in [0.15, 0.2) is 61.1 Å². The topological polar surface area (TPSA) is 121 Å². The molecule has 4 rings (SSSR count). The number of thiophene rings is 1. The third kappa shape index (κ3) is 7.16. The molecule has 42 heavy (non-hydrogen) atoms. The number of aromatic nitrogens is 2. The van der Waals surface area contributed by atoms with E-state index >= 15 is 0 Å². The fraction of sp³-hybridized carbons (Fsp3) is 0.258. The average molecular weight is 602 g/mol. The normalized spacial score (nSPS) is 10.9. The van der Waals surface area contributed by atoms with Gasteiger partial charge in [0, 0.05) is 23.3 Å². The molecule has 0 aliphatic rings. The number of anilines is 1. The van der Waals surface area contributed by atoms with Gasteiger partial charge < -0.3 is 14.0 Å². The minimum atomic E-state index is -0.822. The van der Waals surface area contributed by atoms with Crippen molar-refractivity contribution in [3.8, 4) is 23.3 Å². The van der Waals surface area contributed by atoms with E-state index in [0.29, 0.717) is 34.0 Å². The van der Waals surface area contributed by atoms with Crippen molar-refractivity contribution in [2.24, 2.45) is 0 Å². The minimum absolute atomic E-state index is 0.0210. The number of ether oxygens (including phenoxy) is 2. The van der Waals surface area contributed by atoms with Crippen LogP contribution in [0.5, 0.6) is 0 Å². The van der Waals surface area contributed by atoms with Crippen molar-refractivity contribution >= 4 is 40.0 Å². The van der Waals surface area contributed by atoms with Gasteiger partial charge in [0.25, 0.3) is 0 Å². The summed E-state index contributed by atoms with van der Waals surface area (Å²) in [5.41, 5.74) is 2.33. The molecule has 0 bridgehead atoms. The van der Waals surface area contributed by atoms with Crippen molar-refractivity contribution in [1.82, 2.24) is 9.55 Å². The molecule has 0 unspecified atom stereocenters. The van der Waals surface area contributed by atoms with Crippen LogP contribution in [0.25, 0.3) is 11.1 Å². The third-order valence-electron chi connectivity index (χ3n) is 5.91. The number of nitriles is 2. The Morgan fingerprint density at radius 2 is 1.76 bits per heavy atom. The molecule has 2 heterocycles. The van der Waals surface area contributed by atoms with Gasteiger partial charge in [-0.05, 0) is 63.1 Å². The van der Waals surface area contributed by atoms with E-state index in [2.05, 4.69) is 17.1 Å². The molecule has 9 nitrogen and oxygen atoms in total. The first kappa shape index (κ1) is 30.3. The molecule has 4 aromatic rings. The second kappa shape index (κ2) is 12.9. The Kier molecular flexibility index (Phi) is 9.31. The number of halogens is 1. The number of esters is 1. The monoisotopic (exact) mass is 601 g/mol. The van der Waals surface area contributed by atoms with E-state index < -0.39 is 17.7 Å². The summed E-state index contributed by atoms with van der Waals surface area (Å²) in [7, 11) is 0. The standard InChI is InChI=1S/C31H28ClN5O4S/c1-5-40-29(38)27-26(22-10-12-23(32)13-11-22)25(15-34)28(42-27)37(30(39)41-31(2,3)4)18-24-17-36(19-35-24)16-21-8-6-20(14-33)7-9-21/h6-13,17,19H,5,16,18H2,1-4H3. The van der Waals surface area contributed by atoms with Gasteiger partial charge in [-0.25, -0.2) is 14.6 Å².